The molecule has 0 atom stereocenters. The van der Waals surface area contributed by atoms with Crippen molar-refractivity contribution in [2.75, 3.05) is 5.32 Å². The van der Waals surface area contributed by atoms with Crippen LogP contribution < -0.4 is 5.32 Å². The molecule has 1 N–H and O–H groups in total. The summed E-state index contributed by atoms with van der Waals surface area (Å²) in [6, 6.07) is 13.4. The summed E-state index contributed by atoms with van der Waals surface area (Å²) in [5.74, 6) is -0.628. The first-order valence-electron chi connectivity index (χ1n) is 10.8. The van der Waals surface area contributed by atoms with Gasteiger partial charge in [0.1, 0.15) is 12.1 Å². The van der Waals surface area contributed by atoms with Gasteiger partial charge in [-0.1, -0.05) is 35.9 Å². The molecule has 3 aromatic heterocycles. The maximum Gasteiger partial charge on any atom is 0.258 e. The first-order valence-corrected chi connectivity index (χ1v) is 11.2. The highest BCUT2D eigenvalue weighted by atomic mass is 35.5. The highest BCUT2D eigenvalue weighted by Crippen LogP contribution is 2.29. The second-order valence-electron chi connectivity index (χ2n) is 8.20. The maximum atomic E-state index is 13.3. The number of pyridine rings is 1. The molecule has 0 radical (unpaired) electrons. The Morgan fingerprint density at radius 3 is 2.66 bits per heavy atom. The van der Waals surface area contributed by atoms with Crippen molar-refractivity contribution >= 4 is 34.4 Å². The molecule has 0 aliphatic heterocycles. The minimum Gasteiger partial charge on any atom is -0.289 e. The Hall–Kier alpha value is -4.11. The van der Waals surface area contributed by atoms with E-state index < -0.39 is 5.82 Å². The number of para-hydroxylation sites is 1. The van der Waals surface area contributed by atoms with Crippen molar-refractivity contribution in [2.24, 2.45) is 7.05 Å². The molecule has 0 saturated carbocycles. The molecule has 35 heavy (non-hydrogen) atoms. The second kappa shape index (κ2) is 8.92. The molecule has 5 aromatic rings. The topological polar surface area (TPSA) is 90.5 Å². The van der Waals surface area contributed by atoms with E-state index in [1.54, 1.807) is 16.8 Å². The zero-order valence-corrected chi connectivity index (χ0v) is 20.0. The van der Waals surface area contributed by atoms with Gasteiger partial charge in [-0.3, -0.25) is 14.8 Å². The molecule has 0 aliphatic rings. The third-order valence-corrected chi connectivity index (χ3v) is 6.19. The van der Waals surface area contributed by atoms with Gasteiger partial charge in [0.15, 0.2) is 0 Å². The predicted octanol–water partition coefficient (Wildman–Crippen LogP) is 4.94. The van der Waals surface area contributed by atoms with Crippen molar-refractivity contribution in [1.82, 2.24) is 29.5 Å². The summed E-state index contributed by atoms with van der Waals surface area (Å²) >= 11 is 6.11. The molecule has 0 fully saturated rings. The quantitative estimate of drug-likeness (QED) is 0.378. The zero-order chi connectivity index (χ0) is 24.7. The number of hydrogen-bond acceptors (Lipinski definition) is 5. The van der Waals surface area contributed by atoms with Crippen LogP contribution in [-0.4, -0.2) is 35.4 Å². The number of rotatable bonds is 5. The van der Waals surface area contributed by atoms with Crippen LogP contribution in [0, 0.1) is 19.7 Å². The molecular formula is C25H21ClFN7O. The highest BCUT2D eigenvalue weighted by molar-refractivity contribution is 6.31. The van der Waals surface area contributed by atoms with Crippen molar-refractivity contribution in [2.45, 2.75) is 20.4 Å². The van der Waals surface area contributed by atoms with Gasteiger partial charge in [-0.2, -0.15) is 5.10 Å². The fourth-order valence-corrected chi connectivity index (χ4v) is 4.28. The molecule has 0 unspecified atom stereocenters. The monoisotopic (exact) mass is 489 g/mol. The lowest BCUT2D eigenvalue weighted by molar-refractivity contribution is 0.102. The van der Waals surface area contributed by atoms with E-state index in [9.17, 15) is 9.18 Å². The van der Waals surface area contributed by atoms with E-state index >= 15 is 0 Å². The van der Waals surface area contributed by atoms with Crippen LogP contribution in [0.4, 0.5) is 10.3 Å². The molecule has 1 amide bonds. The fourth-order valence-electron chi connectivity index (χ4n) is 4.06. The molecule has 10 heteroatoms. The number of nitrogens with zero attached hydrogens (tertiary/aromatic N) is 6. The normalized spacial score (nSPS) is 11.2. The Bertz CT molecular complexity index is 1590. The van der Waals surface area contributed by atoms with Gasteiger partial charge in [-0.15, -0.1) is 5.10 Å². The second-order valence-corrected chi connectivity index (χ2v) is 8.60. The number of fused-ring (bicyclic) bond motifs is 1. The summed E-state index contributed by atoms with van der Waals surface area (Å²) in [5, 5.41) is 12.6. The predicted molar refractivity (Wildman–Crippen MR) is 132 cm³/mol. The Kier molecular flexibility index (Phi) is 5.78. The van der Waals surface area contributed by atoms with Crippen molar-refractivity contribution in [3.63, 3.8) is 0 Å². The molecule has 0 bridgehead atoms. The molecule has 0 aliphatic carbocycles. The molecule has 3 heterocycles. The standard InChI is InChI=1S/C25H21ClFN7O/c1-14-23(15(2)33(3)31-14)22-11-19(18-6-4-5-7-21(18)29-22)24(35)30-25-28-13-34(32-25)12-16-8-9-17(27)10-20(16)26/h4-11,13H,12H2,1-3H3,(H,30,32,35). The van der Waals surface area contributed by atoms with Crippen molar-refractivity contribution in [3.05, 3.63) is 88.2 Å². The van der Waals surface area contributed by atoms with Gasteiger partial charge in [0.2, 0.25) is 5.95 Å². The lowest BCUT2D eigenvalue weighted by Gasteiger charge is -2.10. The highest BCUT2D eigenvalue weighted by Gasteiger charge is 2.19. The summed E-state index contributed by atoms with van der Waals surface area (Å²) in [6.45, 7) is 4.17. The number of anilines is 1. The lowest BCUT2D eigenvalue weighted by Crippen LogP contribution is -2.14. The Morgan fingerprint density at radius 2 is 1.91 bits per heavy atom. The van der Waals surface area contributed by atoms with Crippen LogP contribution in [0.5, 0.6) is 0 Å². The van der Waals surface area contributed by atoms with Gasteiger partial charge >= 0.3 is 0 Å². The molecule has 8 nitrogen and oxygen atoms in total. The Balaban J connectivity index is 1.46. The number of aryl methyl sites for hydroxylation is 2. The molecule has 5 rings (SSSR count). The number of benzene rings is 2. The average molecular weight is 490 g/mol. The summed E-state index contributed by atoms with van der Waals surface area (Å²) in [7, 11) is 1.88. The largest absolute Gasteiger partial charge is 0.289 e. The first kappa shape index (κ1) is 22.7. The third-order valence-electron chi connectivity index (χ3n) is 5.84. The van der Waals surface area contributed by atoms with Gasteiger partial charge < -0.3 is 0 Å². The van der Waals surface area contributed by atoms with Gasteiger partial charge in [0, 0.05) is 28.7 Å². The van der Waals surface area contributed by atoms with E-state index in [0.717, 1.165) is 17.0 Å². The minimum atomic E-state index is -0.411. The number of carbonyl (C=O) groups excluding carboxylic acids is 1. The minimum absolute atomic E-state index is 0.143. The van der Waals surface area contributed by atoms with Crippen LogP contribution in [-0.2, 0) is 13.6 Å². The lowest BCUT2D eigenvalue weighted by atomic mass is 10.0. The van der Waals surface area contributed by atoms with Gasteiger partial charge in [-0.25, -0.2) is 19.0 Å². The molecule has 2 aromatic carbocycles. The Morgan fingerprint density at radius 1 is 1.11 bits per heavy atom. The molecule has 176 valence electrons. The van der Waals surface area contributed by atoms with E-state index in [0.29, 0.717) is 32.7 Å². The van der Waals surface area contributed by atoms with Crippen LogP contribution >= 0.6 is 11.6 Å². The molecular weight excluding hydrogens is 469 g/mol. The van der Waals surface area contributed by atoms with Crippen molar-refractivity contribution in [1.29, 1.82) is 0 Å². The van der Waals surface area contributed by atoms with Crippen LogP contribution in [0.1, 0.15) is 27.3 Å². The SMILES string of the molecule is Cc1nn(C)c(C)c1-c1cc(C(=O)Nc2ncn(Cc3ccc(F)cc3Cl)n2)c2ccccc2n1. The zero-order valence-electron chi connectivity index (χ0n) is 19.3. The smallest absolute Gasteiger partial charge is 0.258 e. The van der Waals surface area contributed by atoms with Gasteiger partial charge in [-0.05, 0) is 43.7 Å². The van der Waals surface area contributed by atoms with Crippen LogP contribution in [0.15, 0.2) is 54.9 Å². The number of aromatic nitrogens is 6. The Labute approximate surface area is 205 Å². The van der Waals surface area contributed by atoms with E-state index in [-0.39, 0.29) is 18.4 Å². The first-order chi connectivity index (χ1) is 16.8. The molecule has 0 saturated heterocycles. The third kappa shape index (κ3) is 4.38. The summed E-state index contributed by atoms with van der Waals surface area (Å²) in [4.78, 5) is 22.3. The van der Waals surface area contributed by atoms with Crippen molar-refractivity contribution < 1.29 is 9.18 Å². The average Bonchev–Trinajstić information content (AvgIpc) is 3.37. The number of carbonyl (C=O) groups is 1. The van der Waals surface area contributed by atoms with Crippen LogP contribution in [0.25, 0.3) is 22.2 Å². The van der Waals surface area contributed by atoms with Crippen LogP contribution in [0.3, 0.4) is 0 Å². The maximum absolute atomic E-state index is 13.3. The van der Waals surface area contributed by atoms with E-state index in [1.165, 1.54) is 23.1 Å². The van der Waals surface area contributed by atoms with Crippen molar-refractivity contribution in [3.8, 4) is 11.3 Å². The fraction of sp³-hybridized carbons (Fsp3) is 0.160. The number of amides is 1. The number of halogens is 2. The van der Waals surface area contributed by atoms with Gasteiger partial charge in [0.25, 0.3) is 5.91 Å². The number of nitrogens with one attached hydrogen (secondary N) is 1. The van der Waals surface area contributed by atoms with Gasteiger partial charge in [0.05, 0.1) is 29.0 Å². The van der Waals surface area contributed by atoms with E-state index in [1.807, 2.05) is 45.2 Å². The number of hydrogen-bond donors (Lipinski definition) is 1. The summed E-state index contributed by atoms with van der Waals surface area (Å²) < 4.78 is 16.6. The summed E-state index contributed by atoms with van der Waals surface area (Å²) in [6.07, 6.45) is 1.48. The molecule has 0 spiro atoms. The summed E-state index contributed by atoms with van der Waals surface area (Å²) in [5.41, 5.74) is 5.18. The van der Waals surface area contributed by atoms with E-state index in [2.05, 4.69) is 20.5 Å². The van der Waals surface area contributed by atoms with E-state index in [4.69, 9.17) is 16.6 Å². The van der Waals surface area contributed by atoms with Crippen LogP contribution in [0.2, 0.25) is 5.02 Å².